The first-order chi connectivity index (χ1) is 18.3. The Balaban J connectivity index is 3.48. The first kappa shape index (κ1) is 36.6. The van der Waals surface area contributed by atoms with Gasteiger partial charge in [-0.2, -0.15) is 0 Å². The van der Waals surface area contributed by atoms with Gasteiger partial charge in [0.2, 0.25) is 0 Å². The standard InChI is InChI=1S/C34H69NO2/c1-3-5-7-9-11-13-15-17-19-21-23-25-27-29-31-35-33(32-36)34(37)30-28-26-24-22-20-18-16-14-12-10-8-6-4-2/h28,30,33-37H,3-27,29,31-32H2,1-2H3/b30-28+/t33-,34-/m0/s1. The Morgan fingerprint density at radius 3 is 1.24 bits per heavy atom. The Hall–Kier alpha value is -0.380. The number of hydrogen-bond acceptors (Lipinski definition) is 3. The van der Waals surface area contributed by atoms with Crippen LogP contribution in [0.4, 0.5) is 0 Å². The lowest BCUT2D eigenvalue weighted by atomic mass is 10.0. The van der Waals surface area contributed by atoms with Crippen molar-refractivity contribution >= 4 is 0 Å². The summed E-state index contributed by atoms with van der Waals surface area (Å²) in [6, 6.07) is -0.240. The molecule has 0 aromatic rings. The zero-order valence-electron chi connectivity index (χ0n) is 25.5. The molecule has 0 aliphatic carbocycles. The first-order valence-corrected chi connectivity index (χ1v) is 16.9. The topological polar surface area (TPSA) is 52.5 Å². The molecule has 0 fully saturated rings. The van der Waals surface area contributed by atoms with Gasteiger partial charge in [-0.3, -0.25) is 0 Å². The molecule has 222 valence electrons. The maximum Gasteiger partial charge on any atom is 0.0896 e. The van der Waals surface area contributed by atoms with Crippen molar-refractivity contribution in [3.05, 3.63) is 12.2 Å². The number of aliphatic hydroxyl groups excluding tert-OH is 2. The van der Waals surface area contributed by atoms with Crippen LogP contribution in [-0.4, -0.2) is 35.5 Å². The number of aliphatic hydroxyl groups is 2. The summed E-state index contributed by atoms with van der Waals surface area (Å²) in [5, 5.41) is 23.4. The van der Waals surface area contributed by atoms with E-state index in [-0.39, 0.29) is 12.6 Å². The molecule has 0 unspecified atom stereocenters. The van der Waals surface area contributed by atoms with E-state index < -0.39 is 6.10 Å². The summed E-state index contributed by atoms with van der Waals surface area (Å²) in [5.41, 5.74) is 0. The highest BCUT2D eigenvalue weighted by molar-refractivity contribution is 4.94. The molecule has 0 aliphatic rings. The van der Waals surface area contributed by atoms with Crippen molar-refractivity contribution < 1.29 is 10.2 Å². The van der Waals surface area contributed by atoms with E-state index in [1.165, 1.54) is 154 Å². The smallest absolute Gasteiger partial charge is 0.0896 e. The lowest BCUT2D eigenvalue weighted by molar-refractivity contribution is 0.123. The van der Waals surface area contributed by atoms with E-state index >= 15 is 0 Å². The Labute approximate surface area is 233 Å². The van der Waals surface area contributed by atoms with Crippen LogP contribution in [0.1, 0.15) is 181 Å². The fourth-order valence-electron chi connectivity index (χ4n) is 5.20. The Morgan fingerprint density at radius 1 is 0.514 bits per heavy atom. The molecule has 0 radical (unpaired) electrons. The lowest BCUT2D eigenvalue weighted by Crippen LogP contribution is -2.42. The molecule has 3 N–H and O–H groups in total. The minimum atomic E-state index is -0.593. The molecule has 2 atom stereocenters. The summed E-state index contributed by atoms with van der Waals surface area (Å²) in [4.78, 5) is 0. The Morgan fingerprint density at radius 2 is 0.865 bits per heavy atom. The van der Waals surface area contributed by atoms with Crippen molar-refractivity contribution in [1.82, 2.24) is 5.32 Å². The molecule has 0 amide bonds. The molecule has 3 heteroatoms. The van der Waals surface area contributed by atoms with Gasteiger partial charge >= 0.3 is 0 Å². The highest BCUT2D eigenvalue weighted by Crippen LogP contribution is 2.14. The van der Waals surface area contributed by atoms with Gasteiger partial charge in [-0.05, 0) is 25.8 Å². The van der Waals surface area contributed by atoms with Crippen LogP contribution < -0.4 is 5.32 Å². The fraction of sp³-hybridized carbons (Fsp3) is 0.941. The average Bonchev–Trinajstić information content (AvgIpc) is 2.91. The van der Waals surface area contributed by atoms with Crippen LogP contribution in [0.5, 0.6) is 0 Å². The first-order valence-electron chi connectivity index (χ1n) is 16.9. The molecule has 0 aromatic heterocycles. The molecule has 0 aliphatic heterocycles. The zero-order valence-corrected chi connectivity index (χ0v) is 25.5. The molecule has 0 spiro atoms. The van der Waals surface area contributed by atoms with Gasteiger partial charge in [0.25, 0.3) is 0 Å². The van der Waals surface area contributed by atoms with E-state index in [4.69, 9.17) is 0 Å². The number of rotatable bonds is 31. The van der Waals surface area contributed by atoms with Crippen molar-refractivity contribution in [2.45, 2.75) is 193 Å². The van der Waals surface area contributed by atoms with E-state index in [1.807, 2.05) is 6.08 Å². The normalized spacial score (nSPS) is 13.5. The third-order valence-corrected chi connectivity index (χ3v) is 7.85. The SMILES string of the molecule is CCCCCCCCCCCCC/C=C/[C@H](O)[C@H](CO)NCCCCCCCCCCCCCCCC. The van der Waals surface area contributed by atoms with Gasteiger partial charge in [-0.1, -0.05) is 174 Å². The lowest BCUT2D eigenvalue weighted by Gasteiger charge is -2.19. The molecule has 0 saturated carbocycles. The molecule has 0 bridgehead atoms. The number of nitrogens with one attached hydrogen (secondary N) is 1. The minimum Gasteiger partial charge on any atom is -0.395 e. The van der Waals surface area contributed by atoms with E-state index in [2.05, 4.69) is 25.2 Å². The van der Waals surface area contributed by atoms with Crippen LogP contribution >= 0.6 is 0 Å². The van der Waals surface area contributed by atoms with Crippen molar-refractivity contribution in [2.75, 3.05) is 13.2 Å². The molecular formula is C34H69NO2. The van der Waals surface area contributed by atoms with Gasteiger partial charge in [0.15, 0.2) is 0 Å². The number of allylic oxidation sites excluding steroid dienone is 1. The molecular weight excluding hydrogens is 454 g/mol. The van der Waals surface area contributed by atoms with Crippen LogP contribution in [0.3, 0.4) is 0 Å². The molecule has 0 aromatic carbocycles. The van der Waals surface area contributed by atoms with E-state index in [0.29, 0.717) is 0 Å². The summed E-state index contributed by atoms with van der Waals surface area (Å²) < 4.78 is 0. The van der Waals surface area contributed by atoms with Gasteiger partial charge in [0.05, 0.1) is 18.8 Å². The number of hydrogen-bond donors (Lipinski definition) is 3. The second-order valence-electron chi connectivity index (χ2n) is 11.6. The average molecular weight is 524 g/mol. The molecule has 0 rings (SSSR count). The second kappa shape index (κ2) is 31.8. The monoisotopic (exact) mass is 524 g/mol. The van der Waals surface area contributed by atoms with Crippen LogP contribution in [0, 0.1) is 0 Å². The summed E-state index contributed by atoms with van der Waals surface area (Å²) >= 11 is 0. The number of unbranched alkanes of at least 4 members (excludes halogenated alkanes) is 24. The molecule has 3 nitrogen and oxygen atoms in total. The fourth-order valence-corrected chi connectivity index (χ4v) is 5.20. The van der Waals surface area contributed by atoms with Crippen molar-refractivity contribution in [3.63, 3.8) is 0 Å². The van der Waals surface area contributed by atoms with Crippen LogP contribution in [0.2, 0.25) is 0 Å². The molecule has 0 saturated heterocycles. The van der Waals surface area contributed by atoms with Crippen LogP contribution in [-0.2, 0) is 0 Å². The molecule has 0 heterocycles. The van der Waals surface area contributed by atoms with Crippen LogP contribution in [0.25, 0.3) is 0 Å². The van der Waals surface area contributed by atoms with Gasteiger partial charge in [0.1, 0.15) is 0 Å². The highest BCUT2D eigenvalue weighted by atomic mass is 16.3. The van der Waals surface area contributed by atoms with Gasteiger partial charge in [-0.15, -0.1) is 0 Å². The van der Waals surface area contributed by atoms with Gasteiger partial charge < -0.3 is 15.5 Å². The largest absolute Gasteiger partial charge is 0.395 e. The second-order valence-corrected chi connectivity index (χ2v) is 11.6. The predicted molar refractivity (Wildman–Crippen MR) is 165 cm³/mol. The predicted octanol–water partition coefficient (Wildman–Crippen LogP) is 10.0. The van der Waals surface area contributed by atoms with E-state index in [1.54, 1.807) is 0 Å². The third kappa shape index (κ3) is 28.4. The summed E-state index contributed by atoms with van der Waals surface area (Å²) in [6.45, 7) is 5.43. The summed E-state index contributed by atoms with van der Waals surface area (Å²) in [7, 11) is 0. The van der Waals surface area contributed by atoms with E-state index in [0.717, 1.165) is 19.4 Å². The maximum absolute atomic E-state index is 10.4. The summed E-state index contributed by atoms with van der Waals surface area (Å²) in [5.74, 6) is 0. The molecule has 37 heavy (non-hydrogen) atoms. The van der Waals surface area contributed by atoms with Gasteiger partial charge in [0, 0.05) is 0 Å². The maximum atomic E-state index is 10.4. The minimum absolute atomic E-state index is 0.0114. The zero-order chi connectivity index (χ0) is 27.1. The Kier molecular flexibility index (Phi) is 31.5. The van der Waals surface area contributed by atoms with Crippen molar-refractivity contribution in [2.24, 2.45) is 0 Å². The van der Waals surface area contributed by atoms with E-state index in [9.17, 15) is 10.2 Å². The van der Waals surface area contributed by atoms with Crippen LogP contribution in [0.15, 0.2) is 12.2 Å². The quantitative estimate of drug-likeness (QED) is 0.0625. The van der Waals surface area contributed by atoms with Crippen molar-refractivity contribution in [1.29, 1.82) is 0 Å². The summed E-state index contributed by atoms with van der Waals surface area (Å²) in [6.07, 6.45) is 38.6. The Bertz CT molecular complexity index is 440. The highest BCUT2D eigenvalue weighted by Gasteiger charge is 2.14. The van der Waals surface area contributed by atoms with Crippen molar-refractivity contribution in [3.8, 4) is 0 Å². The third-order valence-electron chi connectivity index (χ3n) is 7.85. The van der Waals surface area contributed by atoms with Gasteiger partial charge in [-0.25, -0.2) is 0 Å².